The van der Waals surface area contributed by atoms with Gasteiger partial charge in [-0.25, -0.2) is 4.99 Å². The summed E-state index contributed by atoms with van der Waals surface area (Å²) in [6.45, 7) is 18.7. The molecule has 0 bridgehead atoms. The highest BCUT2D eigenvalue weighted by molar-refractivity contribution is 6.08. The molecule has 2 rings (SSSR count). The van der Waals surface area contributed by atoms with Crippen LogP contribution in [0.15, 0.2) is 89.5 Å². The van der Waals surface area contributed by atoms with Gasteiger partial charge in [-0.1, -0.05) is 57.2 Å². The molecule has 0 atom stereocenters. The van der Waals surface area contributed by atoms with E-state index in [4.69, 9.17) is 4.99 Å². The molecule has 0 fully saturated rings. The van der Waals surface area contributed by atoms with E-state index in [-0.39, 0.29) is 0 Å². The molecule has 0 aromatic carbocycles. The first kappa shape index (κ1) is 31.0. The second kappa shape index (κ2) is 17.4. The van der Waals surface area contributed by atoms with Crippen molar-refractivity contribution in [2.45, 2.75) is 73.1 Å². The van der Waals surface area contributed by atoms with Gasteiger partial charge in [0.2, 0.25) is 0 Å². The van der Waals surface area contributed by atoms with Gasteiger partial charge in [-0.15, -0.1) is 0 Å². The van der Waals surface area contributed by atoms with Crippen LogP contribution >= 0.6 is 0 Å². The van der Waals surface area contributed by atoms with Crippen LogP contribution in [0.4, 0.5) is 5.69 Å². The molecule has 206 valence electrons. The quantitative estimate of drug-likeness (QED) is 0.106. The maximum atomic E-state index is 5.11. The number of anilines is 1. The largest absolute Gasteiger partial charge is 0.348 e. The topological polar surface area (TPSA) is 45.5 Å². The highest BCUT2D eigenvalue weighted by Crippen LogP contribution is 2.21. The van der Waals surface area contributed by atoms with Crippen LogP contribution in [0.25, 0.3) is 0 Å². The summed E-state index contributed by atoms with van der Waals surface area (Å²) in [5.74, 6) is 0.804. The molecule has 2 aromatic rings. The summed E-state index contributed by atoms with van der Waals surface area (Å²) >= 11 is 0. The van der Waals surface area contributed by atoms with E-state index in [9.17, 15) is 0 Å². The van der Waals surface area contributed by atoms with Gasteiger partial charge in [0.1, 0.15) is 0 Å². The van der Waals surface area contributed by atoms with E-state index in [0.29, 0.717) is 0 Å². The van der Waals surface area contributed by atoms with Crippen molar-refractivity contribution in [2.24, 2.45) is 12.0 Å². The van der Waals surface area contributed by atoms with Crippen LogP contribution in [0.5, 0.6) is 0 Å². The average Bonchev–Trinajstić information content (AvgIpc) is 3.32. The van der Waals surface area contributed by atoms with Crippen LogP contribution in [0.2, 0.25) is 0 Å². The molecule has 1 N–H and O–H groups in total. The van der Waals surface area contributed by atoms with Gasteiger partial charge in [0, 0.05) is 31.3 Å². The van der Waals surface area contributed by atoms with Gasteiger partial charge in [0.05, 0.1) is 11.4 Å². The minimum atomic E-state index is 0.804. The number of aromatic nitrogens is 2. The maximum Gasteiger partial charge on any atom is 0.155 e. The van der Waals surface area contributed by atoms with Gasteiger partial charge in [-0.2, -0.15) is 0 Å². The van der Waals surface area contributed by atoms with Crippen LogP contribution in [-0.4, -0.2) is 39.9 Å². The molecule has 0 radical (unpaired) electrons. The molecule has 5 heteroatoms. The minimum Gasteiger partial charge on any atom is -0.348 e. The summed E-state index contributed by atoms with van der Waals surface area (Å²) < 4.78 is 2.09. The first-order valence-electron chi connectivity index (χ1n) is 14.2. The molecular formula is C33H49N5. The van der Waals surface area contributed by atoms with E-state index in [1.54, 1.807) is 0 Å². The fourth-order valence-corrected chi connectivity index (χ4v) is 4.36. The zero-order chi connectivity index (χ0) is 27.8. The van der Waals surface area contributed by atoms with Crippen LogP contribution < -0.4 is 5.32 Å². The van der Waals surface area contributed by atoms with Gasteiger partial charge < -0.3 is 14.8 Å². The fourth-order valence-electron chi connectivity index (χ4n) is 4.36. The zero-order valence-corrected chi connectivity index (χ0v) is 24.6. The first-order chi connectivity index (χ1) is 18.4. The molecule has 0 aliphatic rings. The highest BCUT2D eigenvalue weighted by atomic mass is 15.1. The normalized spacial score (nSPS) is 12.4. The third-order valence-electron chi connectivity index (χ3n) is 6.28. The zero-order valence-electron chi connectivity index (χ0n) is 24.6. The second-order valence-corrected chi connectivity index (χ2v) is 10.0. The lowest BCUT2D eigenvalue weighted by Gasteiger charge is -2.21. The Bertz CT molecular complexity index is 1110. The van der Waals surface area contributed by atoms with E-state index in [1.165, 1.54) is 43.5 Å². The van der Waals surface area contributed by atoms with E-state index < -0.39 is 0 Å². The molecule has 0 saturated heterocycles. The Hall–Kier alpha value is -3.18. The molecule has 38 heavy (non-hydrogen) atoms. The molecule has 0 saturated carbocycles. The van der Waals surface area contributed by atoms with Crippen molar-refractivity contribution in [1.82, 2.24) is 14.5 Å². The summed E-state index contributed by atoms with van der Waals surface area (Å²) in [5.41, 5.74) is 6.30. The molecule has 5 nitrogen and oxygen atoms in total. The molecule has 0 aliphatic heterocycles. The Morgan fingerprint density at radius 2 is 1.87 bits per heavy atom. The van der Waals surface area contributed by atoms with E-state index in [1.807, 2.05) is 43.9 Å². The van der Waals surface area contributed by atoms with Crippen molar-refractivity contribution in [3.05, 3.63) is 95.8 Å². The fraction of sp³-hybridized carbons (Fsp3) is 0.455. The molecule has 0 amide bonds. The van der Waals surface area contributed by atoms with Crippen LogP contribution in [0.1, 0.15) is 78.0 Å². The summed E-state index contributed by atoms with van der Waals surface area (Å²) in [7, 11) is 2.05. The number of nitrogens with one attached hydrogen (secondary N) is 1. The number of pyridine rings is 1. The molecule has 0 aliphatic carbocycles. The third kappa shape index (κ3) is 10.7. The van der Waals surface area contributed by atoms with Crippen LogP contribution in [-0.2, 0) is 13.5 Å². The number of amidine groups is 1. The molecule has 0 spiro atoms. The van der Waals surface area contributed by atoms with Crippen molar-refractivity contribution >= 4 is 11.5 Å². The number of nitrogens with zero attached hydrogens (tertiary/aromatic N) is 4. The van der Waals surface area contributed by atoms with Crippen LogP contribution in [0.3, 0.4) is 0 Å². The predicted molar refractivity (Wildman–Crippen MR) is 166 cm³/mol. The van der Waals surface area contributed by atoms with Crippen molar-refractivity contribution in [3.8, 4) is 0 Å². The maximum absolute atomic E-state index is 5.11. The smallest absolute Gasteiger partial charge is 0.155 e. The Balaban J connectivity index is 2.28. The monoisotopic (exact) mass is 515 g/mol. The number of unbranched alkanes of at least 4 members (excludes halogenated alkanes) is 1. The summed E-state index contributed by atoms with van der Waals surface area (Å²) in [6.07, 6.45) is 20.8. The predicted octanol–water partition coefficient (Wildman–Crippen LogP) is 8.10. The van der Waals surface area contributed by atoms with Gasteiger partial charge in [0.25, 0.3) is 0 Å². The van der Waals surface area contributed by atoms with Crippen molar-refractivity contribution in [1.29, 1.82) is 0 Å². The lowest BCUT2D eigenvalue weighted by atomic mass is 10.1. The molecule has 2 heterocycles. The Morgan fingerprint density at radius 3 is 2.50 bits per heavy atom. The lowest BCUT2D eigenvalue weighted by molar-refractivity contribution is 0.269. The van der Waals surface area contributed by atoms with Crippen molar-refractivity contribution < 1.29 is 0 Å². The molecular weight excluding hydrogens is 466 g/mol. The van der Waals surface area contributed by atoms with Crippen molar-refractivity contribution in [2.75, 3.05) is 25.0 Å². The van der Waals surface area contributed by atoms with Gasteiger partial charge in [-0.05, 0) is 101 Å². The average molecular weight is 516 g/mol. The minimum absolute atomic E-state index is 0.804. The summed E-state index contributed by atoms with van der Waals surface area (Å²) in [5, 5.41) is 3.66. The van der Waals surface area contributed by atoms with Gasteiger partial charge in [-0.3, -0.25) is 4.98 Å². The number of allylic oxidation sites excluding steroid dienone is 5. The lowest BCUT2D eigenvalue weighted by Crippen LogP contribution is -2.26. The summed E-state index contributed by atoms with van der Waals surface area (Å²) in [6, 6.07) is 6.19. The van der Waals surface area contributed by atoms with Crippen LogP contribution in [0, 0.1) is 0 Å². The second-order valence-electron chi connectivity index (χ2n) is 10.0. The Morgan fingerprint density at radius 1 is 1.11 bits per heavy atom. The van der Waals surface area contributed by atoms with E-state index >= 15 is 0 Å². The number of aryl methyl sites for hydroxylation is 2. The van der Waals surface area contributed by atoms with E-state index in [2.05, 4.69) is 85.3 Å². The number of aliphatic imine (C=N–C) groups is 1. The third-order valence-corrected chi connectivity index (χ3v) is 6.28. The number of hydrogen-bond donors (Lipinski definition) is 1. The summed E-state index contributed by atoms with van der Waals surface area (Å²) in [4.78, 5) is 12.1. The van der Waals surface area contributed by atoms with E-state index in [0.717, 1.165) is 54.3 Å². The van der Waals surface area contributed by atoms with Crippen molar-refractivity contribution in [3.63, 3.8) is 0 Å². The first-order valence-corrected chi connectivity index (χ1v) is 14.2. The SMILES string of the molecule is C=C(/C=C\C=C(C)C)/C(=C/CC)N=C(Nc1ccncc1CCCCN(CCC)CCC)c1cccn1C. The molecule has 2 aromatic heterocycles. The Labute approximate surface area is 231 Å². The number of rotatable bonds is 16. The molecule has 0 unspecified atom stereocenters. The van der Waals surface area contributed by atoms with Gasteiger partial charge in [0.15, 0.2) is 5.84 Å². The Kier molecular flexibility index (Phi) is 14.2. The van der Waals surface area contributed by atoms with Gasteiger partial charge >= 0.3 is 0 Å². The number of hydrogen-bond acceptors (Lipinski definition) is 3. The standard InChI is InChI=1S/C33H49N5/c1-8-15-30(28(6)17-13-16-27(4)5)35-33(32-19-14-24-37(32)7)36-31-20-21-34-26-29(31)18-11-12-25-38(22-9-2)23-10-3/h13-17,19-21,24,26H,6,8-12,18,22-23,25H2,1-5,7H3,(H,34,35,36)/b17-13-,30-15-. The highest BCUT2D eigenvalue weighted by Gasteiger charge is 2.13.